The molecule has 10 heteroatoms. The Balaban J connectivity index is 0.920. The molecule has 0 aromatic carbocycles. The lowest BCUT2D eigenvalue weighted by molar-refractivity contribution is -0.154. The van der Waals surface area contributed by atoms with E-state index in [4.69, 9.17) is 4.74 Å². The maximum atomic E-state index is 12.7. The van der Waals surface area contributed by atoms with E-state index in [-0.39, 0.29) is 29.6 Å². The summed E-state index contributed by atoms with van der Waals surface area (Å²) in [7, 11) is -2.84. The quantitative estimate of drug-likeness (QED) is 0.251. The second-order valence-electron chi connectivity index (χ2n) is 19.6. The first-order valence-corrected chi connectivity index (χ1v) is 23.4. The van der Waals surface area contributed by atoms with Gasteiger partial charge in [0, 0.05) is 37.9 Å². The minimum atomic E-state index is -2.84. The number of sulfone groups is 1. The van der Waals surface area contributed by atoms with Crippen LogP contribution >= 0.6 is 0 Å². The molecule has 6 unspecified atom stereocenters. The molecule has 1 aromatic rings. The van der Waals surface area contributed by atoms with Crippen LogP contribution in [-0.4, -0.2) is 79.2 Å². The predicted octanol–water partition coefficient (Wildman–Crippen LogP) is 7.34. The summed E-state index contributed by atoms with van der Waals surface area (Å²) < 4.78 is 29.9. The maximum Gasteiger partial charge on any atom is 0.312 e. The summed E-state index contributed by atoms with van der Waals surface area (Å²) in [4.78, 5) is 19.3. The third kappa shape index (κ3) is 7.05. The average Bonchev–Trinajstić information content (AvgIpc) is 3.60. The van der Waals surface area contributed by atoms with Crippen molar-refractivity contribution in [3.05, 3.63) is 52.9 Å². The zero-order valence-corrected chi connectivity index (χ0v) is 34.3. The number of carbonyl (C=O) groups is 1. The van der Waals surface area contributed by atoms with E-state index >= 15 is 0 Å². The van der Waals surface area contributed by atoms with Crippen LogP contribution in [0.25, 0.3) is 0 Å². The summed E-state index contributed by atoms with van der Waals surface area (Å²) in [6, 6.07) is 5.59. The zero-order valence-electron chi connectivity index (χ0n) is 33.5. The van der Waals surface area contributed by atoms with Gasteiger partial charge in [0.1, 0.15) is 6.07 Å². The van der Waals surface area contributed by atoms with Crippen molar-refractivity contribution in [2.75, 3.05) is 44.3 Å². The van der Waals surface area contributed by atoms with Crippen LogP contribution in [0, 0.1) is 63.1 Å². The zero-order chi connectivity index (χ0) is 38.6. The van der Waals surface area contributed by atoms with E-state index in [0.717, 1.165) is 55.5 Å². The Morgan fingerprint density at radius 2 is 1.78 bits per heavy atom. The van der Waals surface area contributed by atoms with Gasteiger partial charge in [-0.05, 0) is 147 Å². The summed E-state index contributed by atoms with van der Waals surface area (Å²) in [5.41, 5.74) is 3.43. The molecular weight excluding hydrogens is 709 g/mol. The third-order valence-corrected chi connectivity index (χ3v) is 18.5. The standard InChI is InChI=1S/C45H64N4O5S/c1-42(2)36(31-12-18-44(19-13-31,41(50)51)30-54-29-39-32(28-46)6-5-21-47-39)15-17-43(3)37-10-8-35-33(34(37)9-11-40(42)43)14-20-45(16-4-7-38(35)45)48-22-23-49-24-26-55(52,53)27-25-49/h5-6,12,15,21,33-35,37-38,40,48H,4,7-11,13-14,16-20,22-27,29-30H2,1-3H3,(H,50,51)/t33?,34?,35?,37-,38+,40-,43?,44?,45?/m0/s1. The van der Waals surface area contributed by atoms with E-state index in [1.807, 2.05) is 0 Å². The molecule has 55 heavy (non-hydrogen) atoms. The van der Waals surface area contributed by atoms with Gasteiger partial charge in [-0.25, -0.2) is 8.42 Å². The van der Waals surface area contributed by atoms with Gasteiger partial charge >= 0.3 is 5.97 Å². The number of aliphatic carboxylic acids is 1. The molecule has 9 atom stereocenters. The number of carboxylic acids is 1. The van der Waals surface area contributed by atoms with Crippen LogP contribution in [-0.2, 0) is 26.0 Å². The van der Waals surface area contributed by atoms with Crippen LogP contribution in [0.1, 0.15) is 115 Å². The number of hydrogen-bond acceptors (Lipinski definition) is 8. The lowest BCUT2D eigenvalue weighted by Gasteiger charge is -2.64. The number of carboxylic acid groups (broad SMARTS) is 1. The number of nitriles is 1. The molecule has 300 valence electrons. The molecule has 2 heterocycles. The number of fused-ring (bicyclic) bond motifs is 7. The number of nitrogens with one attached hydrogen (secondary N) is 1. The highest BCUT2D eigenvalue weighted by atomic mass is 32.2. The highest BCUT2D eigenvalue weighted by molar-refractivity contribution is 7.91. The molecule has 1 aromatic heterocycles. The SMILES string of the molecule is CC1(C)C(C2=CCC(COCc3ncccc3C#N)(C(=O)O)CC2)=CCC2(C)[C@H]3CCC4C(CCC5(NCCN6CCS(=O)(=O)CC6)CCC[C@H]45)C3CC[C@@H]12. The minimum Gasteiger partial charge on any atom is -0.481 e. The maximum absolute atomic E-state index is 12.7. The highest BCUT2D eigenvalue weighted by Crippen LogP contribution is 2.68. The molecule has 0 spiro atoms. The molecule has 0 bridgehead atoms. The van der Waals surface area contributed by atoms with Crippen LogP contribution in [0.2, 0.25) is 0 Å². The van der Waals surface area contributed by atoms with Crippen molar-refractivity contribution in [3.63, 3.8) is 0 Å². The average molecular weight is 773 g/mol. The Morgan fingerprint density at radius 1 is 1.00 bits per heavy atom. The molecule has 8 rings (SSSR count). The summed E-state index contributed by atoms with van der Waals surface area (Å²) in [5.74, 6) is 4.45. The highest BCUT2D eigenvalue weighted by Gasteiger charge is 2.61. The smallest absolute Gasteiger partial charge is 0.312 e. The van der Waals surface area contributed by atoms with E-state index in [0.29, 0.717) is 54.6 Å². The van der Waals surface area contributed by atoms with Crippen molar-refractivity contribution >= 4 is 15.8 Å². The van der Waals surface area contributed by atoms with Crippen molar-refractivity contribution in [1.82, 2.24) is 15.2 Å². The van der Waals surface area contributed by atoms with Gasteiger partial charge in [-0.2, -0.15) is 5.26 Å². The van der Waals surface area contributed by atoms with Gasteiger partial charge in [-0.1, -0.05) is 39.3 Å². The lowest BCUT2D eigenvalue weighted by atomic mass is 9.41. The molecule has 6 aliphatic carbocycles. The van der Waals surface area contributed by atoms with Crippen LogP contribution in [0.5, 0.6) is 0 Å². The number of aromatic nitrogens is 1. The molecular formula is C45H64N4O5S. The second-order valence-corrected chi connectivity index (χ2v) is 21.9. The lowest BCUT2D eigenvalue weighted by Crippen LogP contribution is -2.61. The van der Waals surface area contributed by atoms with E-state index in [9.17, 15) is 23.6 Å². The van der Waals surface area contributed by atoms with Gasteiger partial charge in [0.05, 0.1) is 41.4 Å². The van der Waals surface area contributed by atoms with Gasteiger partial charge in [-0.3, -0.25) is 9.78 Å². The summed E-state index contributed by atoms with van der Waals surface area (Å²) >= 11 is 0. The normalized spacial score (nSPS) is 39.3. The van der Waals surface area contributed by atoms with E-state index < -0.39 is 21.2 Å². The van der Waals surface area contributed by atoms with Crippen molar-refractivity contribution in [1.29, 1.82) is 5.26 Å². The summed E-state index contributed by atoms with van der Waals surface area (Å²) in [6.45, 7) is 11.1. The molecule has 2 N–H and O–H groups in total. The molecule has 5 fully saturated rings. The molecule has 9 nitrogen and oxygen atoms in total. The molecule has 1 aliphatic heterocycles. The van der Waals surface area contributed by atoms with Gasteiger partial charge in [-0.15, -0.1) is 0 Å². The molecule has 0 amide bonds. The number of allylic oxidation sites excluding steroid dienone is 4. The first kappa shape index (κ1) is 39.3. The van der Waals surface area contributed by atoms with Crippen molar-refractivity contribution in [2.24, 2.45) is 51.8 Å². The Bertz CT molecular complexity index is 1840. The van der Waals surface area contributed by atoms with E-state index in [1.54, 1.807) is 18.3 Å². The van der Waals surface area contributed by atoms with Crippen molar-refractivity contribution in [3.8, 4) is 6.07 Å². The number of ether oxygens (including phenoxy) is 1. The van der Waals surface area contributed by atoms with Crippen molar-refractivity contribution < 1.29 is 23.1 Å². The fourth-order valence-corrected chi connectivity index (χ4v) is 15.3. The second kappa shape index (κ2) is 15.0. The van der Waals surface area contributed by atoms with Gasteiger partial charge in [0.25, 0.3) is 0 Å². The molecule has 7 aliphatic rings. The fraction of sp³-hybridized carbons (Fsp3) is 0.756. The summed E-state index contributed by atoms with van der Waals surface area (Å²) in [6.07, 6.45) is 21.3. The Hall–Kier alpha value is -2.58. The Labute approximate surface area is 329 Å². The van der Waals surface area contributed by atoms with Crippen LogP contribution in [0.3, 0.4) is 0 Å². The molecule has 4 saturated carbocycles. The molecule has 1 saturated heterocycles. The summed E-state index contributed by atoms with van der Waals surface area (Å²) in [5, 5.41) is 24.0. The van der Waals surface area contributed by atoms with Crippen LogP contribution in [0.4, 0.5) is 0 Å². The Morgan fingerprint density at radius 3 is 2.53 bits per heavy atom. The van der Waals surface area contributed by atoms with Crippen molar-refractivity contribution in [2.45, 2.75) is 116 Å². The first-order valence-electron chi connectivity index (χ1n) is 21.5. The van der Waals surface area contributed by atoms with Crippen LogP contribution < -0.4 is 5.32 Å². The molecule has 0 radical (unpaired) electrons. The largest absolute Gasteiger partial charge is 0.481 e. The number of hydrogen-bond donors (Lipinski definition) is 2. The Kier molecular flexibility index (Phi) is 10.7. The number of rotatable bonds is 10. The van der Waals surface area contributed by atoms with Crippen LogP contribution in [0.15, 0.2) is 41.6 Å². The van der Waals surface area contributed by atoms with E-state index in [1.165, 1.54) is 68.9 Å². The van der Waals surface area contributed by atoms with E-state index in [2.05, 4.69) is 54.2 Å². The monoisotopic (exact) mass is 772 g/mol. The fourth-order valence-electron chi connectivity index (χ4n) is 14.1. The first-order chi connectivity index (χ1) is 26.3. The predicted molar refractivity (Wildman–Crippen MR) is 214 cm³/mol. The van der Waals surface area contributed by atoms with Gasteiger partial charge < -0.3 is 20.1 Å². The van der Waals surface area contributed by atoms with Gasteiger partial charge in [0.2, 0.25) is 0 Å². The third-order valence-electron chi connectivity index (χ3n) is 16.8. The van der Waals surface area contributed by atoms with Gasteiger partial charge in [0.15, 0.2) is 9.84 Å². The minimum absolute atomic E-state index is 0.0304. The number of nitrogens with zero attached hydrogens (tertiary/aromatic N) is 3. The topological polar surface area (TPSA) is 133 Å². The number of pyridine rings is 1.